The molecule has 0 bridgehead atoms. The van der Waals surface area contributed by atoms with E-state index >= 15 is 0 Å². The van der Waals surface area contributed by atoms with E-state index in [9.17, 15) is 4.79 Å². The fraction of sp³-hybridized carbons (Fsp3) is 0.583. The van der Waals surface area contributed by atoms with Gasteiger partial charge in [0.2, 0.25) is 0 Å². The maximum atomic E-state index is 11.7. The number of carbonyl (C=O) groups is 1. The molecule has 0 spiro atoms. The molecule has 2 atom stereocenters. The van der Waals surface area contributed by atoms with Gasteiger partial charge in [-0.05, 0) is 26.7 Å². The van der Waals surface area contributed by atoms with Crippen LogP contribution in [0.1, 0.15) is 27.7 Å². The van der Waals surface area contributed by atoms with Gasteiger partial charge in [-0.3, -0.25) is 0 Å². The van der Waals surface area contributed by atoms with Gasteiger partial charge in [0.15, 0.2) is 0 Å². The monoisotopic (exact) mass is 272 g/mol. The van der Waals surface area contributed by atoms with Gasteiger partial charge < -0.3 is 4.74 Å². The Bertz CT molecular complexity index is 310. The van der Waals surface area contributed by atoms with Gasteiger partial charge in [-0.2, -0.15) is 0 Å². The number of halogens is 1. The van der Waals surface area contributed by atoms with Crippen LogP contribution in [0.25, 0.3) is 0 Å². The molecule has 0 saturated heterocycles. The molecule has 15 heavy (non-hydrogen) atoms. The number of ether oxygens (including phenoxy) is 1. The molecular formula is C12H17BrO2. The third-order valence-corrected chi connectivity index (χ3v) is 3.18. The average molecular weight is 273 g/mol. The van der Waals surface area contributed by atoms with Crippen LogP contribution in [0.3, 0.4) is 0 Å². The first-order valence-electron chi connectivity index (χ1n) is 5.07. The molecule has 0 radical (unpaired) electrons. The Balaban J connectivity index is 2.70. The molecule has 2 unspecified atom stereocenters. The molecule has 0 aromatic rings. The van der Waals surface area contributed by atoms with E-state index in [0.29, 0.717) is 16.3 Å². The molecule has 0 saturated carbocycles. The van der Waals surface area contributed by atoms with Gasteiger partial charge in [0, 0.05) is 4.83 Å². The second-order valence-electron chi connectivity index (χ2n) is 4.79. The van der Waals surface area contributed by atoms with E-state index in [1.54, 1.807) is 0 Å². The minimum Gasteiger partial charge on any atom is -0.456 e. The maximum Gasteiger partial charge on any atom is 0.338 e. The molecule has 0 fully saturated rings. The quantitative estimate of drug-likeness (QED) is 0.541. The van der Waals surface area contributed by atoms with Crippen LogP contribution in [-0.2, 0) is 9.53 Å². The molecule has 0 aliphatic heterocycles. The Morgan fingerprint density at radius 3 is 2.53 bits per heavy atom. The SMILES string of the molecule is CC1C=C(C(=O)OC(C)(C)C)C=CC1Br. The summed E-state index contributed by atoms with van der Waals surface area (Å²) in [6, 6.07) is 0. The van der Waals surface area contributed by atoms with E-state index < -0.39 is 5.60 Å². The highest BCUT2D eigenvalue weighted by molar-refractivity contribution is 9.09. The van der Waals surface area contributed by atoms with Gasteiger partial charge >= 0.3 is 5.97 Å². The standard InChI is InChI=1S/C12H17BrO2/c1-8-7-9(5-6-10(8)13)11(14)15-12(2,3)4/h5-8,10H,1-4H3. The van der Waals surface area contributed by atoms with Crippen molar-refractivity contribution in [3.8, 4) is 0 Å². The first-order chi connectivity index (χ1) is 6.79. The Morgan fingerprint density at radius 1 is 1.47 bits per heavy atom. The lowest BCUT2D eigenvalue weighted by molar-refractivity contribution is -0.149. The number of rotatable bonds is 1. The first kappa shape index (κ1) is 12.5. The lowest BCUT2D eigenvalue weighted by atomic mass is 9.98. The summed E-state index contributed by atoms with van der Waals surface area (Å²) < 4.78 is 5.29. The van der Waals surface area contributed by atoms with E-state index in [1.807, 2.05) is 39.0 Å². The summed E-state index contributed by atoms with van der Waals surface area (Å²) in [4.78, 5) is 12.0. The van der Waals surface area contributed by atoms with E-state index in [0.717, 1.165) is 0 Å². The highest BCUT2D eigenvalue weighted by atomic mass is 79.9. The van der Waals surface area contributed by atoms with Crippen molar-refractivity contribution in [3.05, 3.63) is 23.8 Å². The normalized spacial score (nSPS) is 26.1. The number of carbonyl (C=O) groups excluding carboxylic acids is 1. The number of esters is 1. The second kappa shape index (κ2) is 4.52. The van der Waals surface area contributed by atoms with E-state index in [1.165, 1.54) is 0 Å². The summed E-state index contributed by atoms with van der Waals surface area (Å²) in [5.74, 6) is 0.0718. The van der Waals surface area contributed by atoms with Crippen LogP contribution in [0.4, 0.5) is 0 Å². The Labute approximate surface area is 99.5 Å². The zero-order valence-electron chi connectivity index (χ0n) is 9.58. The molecule has 0 aromatic heterocycles. The largest absolute Gasteiger partial charge is 0.456 e. The van der Waals surface area contributed by atoms with Gasteiger partial charge in [-0.25, -0.2) is 4.79 Å². The fourth-order valence-corrected chi connectivity index (χ4v) is 1.58. The molecule has 0 amide bonds. The lowest BCUT2D eigenvalue weighted by Crippen LogP contribution is -2.25. The predicted octanol–water partition coefficient (Wildman–Crippen LogP) is 3.22. The molecular weight excluding hydrogens is 256 g/mol. The Kier molecular flexibility index (Phi) is 3.77. The minimum atomic E-state index is -0.430. The topological polar surface area (TPSA) is 26.3 Å². The minimum absolute atomic E-state index is 0.245. The third-order valence-electron chi connectivity index (χ3n) is 2.04. The lowest BCUT2D eigenvalue weighted by Gasteiger charge is -2.22. The van der Waals surface area contributed by atoms with Gasteiger partial charge in [0.05, 0.1) is 5.57 Å². The van der Waals surface area contributed by atoms with E-state index in [4.69, 9.17) is 4.74 Å². The fourth-order valence-electron chi connectivity index (χ4n) is 1.27. The van der Waals surface area contributed by atoms with Crippen LogP contribution in [-0.4, -0.2) is 16.4 Å². The molecule has 0 N–H and O–H groups in total. The summed E-state index contributed by atoms with van der Waals surface area (Å²) in [5, 5.41) is 0. The molecule has 84 valence electrons. The van der Waals surface area contributed by atoms with Crippen molar-refractivity contribution in [1.82, 2.24) is 0 Å². The van der Waals surface area contributed by atoms with Crippen molar-refractivity contribution in [2.24, 2.45) is 5.92 Å². The highest BCUT2D eigenvalue weighted by Gasteiger charge is 2.22. The van der Waals surface area contributed by atoms with Crippen molar-refractivity contribution in [3.63, 3.8) is 0 Å². The predicted molar refractivity (Wildman–Crippen MR) is 64.9 cm³/mol. The highest BCUT2D eigenvalue weighted by Crippen LogP contribution is 2.24. The van der Waals surface area contributed by atoms with Crippen LogP contribution in [0.15, 0.2) is 23.8 Å². The van der Waals surface area contributed by atoms with Gasteiger partial charge in [-0.1, -0.05) is 41.1 Å². The summed E-state index contributed by atoms with van der Waals surface area (Å²) in [5.41, 5.74) is 0.216. The zero-order chi connectivity index (χ0) is 11.6. The maximum absolute atomic E-state index is 11.7. The molecule has 1 rings (SSSR count). The van der Waals surface area contributed by atoms with Crippen molar-refractivity contribution in [2.75, 3.05) is 0 Å². The van der Waals surface area contributed by atoms with Crippen LogP contribution < -0.4 is 0 Å². The van der Waals surface area contributed by atoms with Crippen molar-refractivity contribution < 1.29 is 9.53 Å². The van der Waals surface area contributed by atoms with Crippen LogP contribution >= 0.6 is 15.9 Å². The number of allylic oxidation sites excluding steroid dienone is 2. The van der Waals surface area contributed by atoms with Crippen molar-refractivity contribution in [1.29, 1.82) is 0 Å². The molecule has 0 aromatic carbocycles. The summed E-state index contributed by atoms with van der Waals surface area (Å²) in [6.45, 7) is 7.67. The Hall–Kier alpha value is -0.570. The summed E-state index contributed by atoms with van der Waals surface area (Å²) >= 11 is 3.51. The second-order valence-corrected chi connectivity index (χ2v) is 5.84. The smallest absolute Gasteiger partial charge is 0.338 e. The van der Waals surface area contributed by atoms with Crippen molar-refractivity contribution >= 4 is 21.9 Å². The molecule has 1 aliphatic carbocycles. The molecule has 2 nitrogen and oxygen atoms in total. The number of hydrogen-bond donors (Lipinski definition) is 0. The molecule has 1 aliphatic rings. The van der Waals surface area contributed by atoms with Crippen LogP contribution in [0.2, 0.25) is 0 Å². The van der Waals surface area contributed by atoms with Gasteiger partial charge in [0.25, 0.3) is 0 Å². The Morgan fingerprint density at radius 2 is 2.07 bits per heavy atom. The summed E-state index contributed by atoms with van der Waals surface area (Å²) in [7, 11) is 0. The van der Waals surface area contributed by atoms with E-state index in [-0.39, 0.29) is 5.97 Å². The van der Waals surface area contributed by atoms with Crippen molar-refractivity contribution in [2.45, 2.75) is 38.1 Å². The van der Waals surface area contributed by atoms with Gasteiger partial charge in [0.1, 0.15) is 5.60 Å². The number of alkyl halides is 1. The van der Waals surface area contributed by atoms with E-state index in [2.05, 4.69) is 22.9 Å². The van der Waals surface area contributed by atoms with Crippen LogP contribution in [0.5, 0.6) is 0 Å². The summed E-state index contributed by atoms with van der Waals surface area (Å²) in [6.07, 6.45) is 5.73. The first-order valence-corrected chi connectivity index (χ1v) is 5.98. The zero-order valence-corrected chi connectivity index (χ0v) is 11.2. The van der Waals surface area contributed by atoms with Gasteiger partial charge in [-0.15, -0.1) is 0 Å². The molecule has 0 heterocycles. The van der Waals surface area contributed by atoms with Crippen LogP contribution in [0, 0.1) is 5.92 Å². The third kappa shape index (κ3) is 3.82. The number of hydrogen-bond acceptors (Lipinski definition) is 2. The molecule has 3 heteroatoms. The average Bonchev–Trinajstić information content (AvgIpc) is 2.06.